The van der Waals surface area contributed by atoms with E-state index in [9.17, 15) is 0 Å². The highest BCUT2D eigenvalue weighted by atomic mass is 35.5. The van der Waals surface area contributed by atoms with Crippen LogP contribution in [0.25, 0.3) is 0 Å². The minimum absolute atomic E-state index is 0.0546. The molecular weight excluding hydrogens is 240 g/mol. The van der Waals surface area contributed by atoms with Gasteiger partial charge >= 0.3 is 0 Å². The van der Waals surface area contributed by atoms with Gasteiger partial charge in [0.15, 0.2) is 5.15 Å². The molecule has 0 bridgehead atoms. The number of hydrogen-bond donors (Lipinski definition) is 0. The predicted octanol–water partition coefficient (Wildman–Crippen LogP) is 3.68. The van der Waals surface area contributed by atoms with Gasteiger partial charge in [-0.2, -0.15) is 0 Å². The second-order valence-electron chi connectivity index (χ2n) is 1.84. The highest BCUT2D eigenvalue weighted by molar-refractivity contribution is 6.51. The lowest BCUT2D eigenvalue weighted by Crippen LogP contribution is -1.87. The standard InChI is InChI=1S/C7HCl4N/c1-2-3-4(8)5(9)6(10)7(11)12-3/h1H. The summed E-state index contributed by atoms with van der Waals surface area (Å²) in [6.45, 7) is 0. The van der Waals surface area contributed by atoms with Crippen LogP contribution < -0.4 is 0 Å². The third-order valence-corrected chi connectivity index (χ3v) is 2.80. The van der Waals surface area contributed by atoms with Gasteiger partial charge in [0.25, 0.3) is 0 Å². The summed E-state index contributed by atoms with van der Waals surface area (Å²) in [5.41, 5.74) is 0.191. The van der Waals surface area contributed by atoms with Gasteiger partial charge in [0.1, 0.15) is 5.69 Å². The fourth-order valence-corrected chi connectivity index (χ4v) is 1.37. The number of aromatic nitrogens is 1. The molecule has 0 unspecified atom stereocenters. The summed E-state index contributed by atoms with van der Waals surface area (Å²) in [7, 11) is 0. The maximum Gasteiger partial charge on any atom is 0.150 e. The number of terminal acetylenes is 1. The van der Waals surface area contributed by atoms with E-state index in [-0.39, 0.29) is 25.9 Å². The van der Waals surface area contributed by atoms with E-state index < -0.39 is 0 Å². The molecule has 0 aromatic carbocycles. The molecule has 0 radical (unpaired) electrons. The second-order valence-corrected chi connectivity index (χ2v) is 3.33. The molecular formula is C7HCl4N. The van der Waals surface area contributed by atoms with Gasteiger partial charge in [0.05, 0.1) is 15.1 Å². The van der Waals surface area contributed by atoms with Crippen molar-refractivity contribution >= 4 is 46.4 Å². The fraction of sp³-hybridized carbons (Fsp3) is 0. The van der Waals surface area contributed by atoms with Crippen LogP contribution in [0.15, 0.2) is 0 Å². The number of halogens is 4. The molecule has 0 amide bonds. The van der Waals surface area contributed by atoms with Crippen molar-refractivity contribution in [2.24, 2.45) is 0 Å². The number of pyridine rings is 1. The van der Waals surface area contributed by atoms with Gasteiger partial charge in [-0.05, 0) is 5.92 Å². The monoisotopic (exact) mass is 239 g/mol. The van der Waals surface area contributed by atoms with E-state index in [2.05, 4.69) is 10.9 Å². The molecule has 0 N–H and O–H groups in total. The van der Waals surface area contributed by atoms with Crippen LogP contribution in [0.4, 0.5) is 0 Å². The Bertz CT molecular complexity index is 367. The molecule has 0 saturated heterocycles. The largest absolute Gasteiger partial charge is 0.224 e. The van der Waals surface area contributed by atoms with Crippen molar-refractivity contribution in [3.05, 3.63) is 25.9 Å². The summed E-state index contributed by atoms with van der Waals surface area (Å²) < 4.78 is 0. The number of nitrogens with zero attached hydrogens (tertiary/aromatic N) is 1. The van der Waals surface area contributed by atoms with Crippen molar-refractivity contribution in [1.29, 1.82) is 0 Å². The molecule has 0 aliphatic carbocycles. The summed E-state index contributed by atoms with van der Waals surface area (Å²) in [5.74, 6) is 2.23. The van der Waals surface area contributed by atoms with Crippen LogP contribution in [0.5, 0.6) is 0 Å². The van der Waals surface area contributed by atoms with Gasteiger partial charge in [-0.15, -0.1) is 6.42 Å². The summed E-state index contributed by atoms with van der Waals surface area (Å²) in [4.78, 5) is 3.73. The molecule has 0 aliphatic heterocycles. The first-order valence-corrected chi connectivity index (χ1v) is 4.25. The van der Waals surface area contributed by atoms with Crippen LogP contribution in [-0.4, -0.2) is 4.98 Å². The number of rotatable bonds is 0. The Morgan fingerprint density at radius 3 is 2.08 bits per heavy atom. The Labute approximate surface area is 89.6 Å². The molecule has 1 aromatic heterocycles. The lowest BCUT2D eigenvalue weighted by Gasteiger charge is -2.02. The highest BCUT2D eigenvalue weighted by Gasteiger charge is 2.12. The quantitative estimate of drug-likeness (QED) is 0.498. The molecule has 0 atom stereocenters. The van der Waals surface area contributed by atoms with Gasteiger partial charge < -0.3 is 0 Å². The summed E-state index contributed by atoms with van der Waals surface area (Å²) in [6.07, 6.45) is 5.08. The molecule has 62 valence electrons. The van der Waals surface area contributed by atoms with Crippen molar-refractivity contribution in [2.45, 2.75) is 0 Å². The molecule has 0 saturated carbocycles. The molecule has 12 heavy (non-hydrogen) atoms. The first-order chi connectivity index (χ1) is 5.57. The first-order valence-electron chi connectivity index (χ1n) is 2.74. The number of hydrogen-bond acceptors (Lipinski definition) is 1. The maximum atomic E-state index is 5.69. The Hall–Kier alpha value is -0.130. The van der Waals surface area contributed by atoms with E-state index >= 15 is 0 Å². The van der Waals surface area contributed by atoms with Gasteiger partial charge in [-0.25, -0.2) is 4.98 Å². The van der Waals surface area contributed by atoms with Crippen LogP contribution in [-0.2, 0) is 0 Å². The van der Waals surface area contributed by atoms with Crippen molar-refractivity contribution in [3.63, 3.8) is 0 Å². The zero-order valence-electron chi connectivity index (χ0n) is 5.54. The van der Waals surface area contributed by atoms with Crippen LogP contribution in [0.3, 0.4) is 0 Å². The van der Waals surface area contributed by atoms with E-state index in [0.29, 0.717) is 0 Å². The van der Waals surface area contributed by atoms with E-state index in [1.807, 2.05) is 0 Å². The van der Waals surface area contributed by atoms with E-state index in [1.165, 1.54) is 0 Å². The third kappa shape index (κ3) is 1.62. The van der Waals surface area contributed by atoms with E-state index in [1.54, 1.807) is 0 Å². The van der Waals surface area contributed by atoms with E-state index in [4.69, 9.17) is 52.8 Å². The molecule has 1 heterocycles. The molecule has 0 fully saturated rings. The van der Waals surface area contributed by atoms with E-state index in [0.717, 1.165) is 0 Å². The first kappa shape index (κ1) is 9.95. The minimum atomic E-state index is 0.0546. The Morgan fingerprint density at radius 1 is 1.00 bits per heavy atom. The smallest absolute Gasteiger partial charge is 0.150 e. The normalized spacial score (nSPS) is 9.58. The van der Waals surface area contributed by atoms with Crippen LogP contribution >= 0.6 is 46.4 Å². The molecule has 5 heteroatoms. The summed E-state index contributed by atoms with van der Waals surface area (Å²) in [5, 5.41) is 0.446. The lowest BCUT2D eigenvalue weighted by molar-refractivity contribution is 1.29. The third-order valence-electron chi connectivity index (χ3n) is 1.12. The highest BCUT2D eigenvalue weighted by Crippen LogP contribution is 2.35. The van der Waals surface area contributed by atoms with Crippen molar-refractivity contribution in [3.8, 4) is 12.3 Å². The summed E-state index contributed by atoms with van der Waals surface area (Å²) in [6, 6.07) is 0. The van der Waals surface area contributed by atoms with Crippen LogP contribution in [0.1, 0.15) is 5.69 Å². The average molecular weight is 241 g/mol. The Balaban J connectivity index is 3.52. The molecule has 1 rings (SSSR count). The molecule has 1 nitrogen and oxygen atoms in total. The lowest BCUT2D eigenvalue weighted by atomic mass is 10.3. The fourth-order valence-electron chi connectivity index (χ4n) is 0.583. The molecule has 0 aliphatic rings. The SMILES string of the molecule is C#Cc1nc(Cl)c(Cl)c(Cl)c1Cl. The zero-order chi connectivity index (χ0) is 9.30. The van der Waals surface area contributed by atoms with Gasteiger partial charge in [0.2, 0.25) is 0 Å². The summed E-state index contributed by atoms with van der Waals surface area (Å²) >= 11 is 22.6. The van der Waals surface area contributed by atoms with Crippen LogP contribution in [0, 0.1) is 12.3 Å². The zero-order valence-corrected chi connectivity index (χ0v) is 8.56. The van der Waals surface area contributed by atoms with Crippen LogP contribution in [0.2, 0.25) is 20.2 Å². The maximum absolute atomic E-state index is 5.69. The second kappa shape index (κ2) is 3.72. The van der Waals surface area contributed by atoms with Crippen molar-refractivity contribution < 1.29 is 0 Å². The topological polar surface area (TPSA) is 12.9 Å². The Kier molecular flexibility index (Phi) is 3.09. The van der Waals surface area contributed by atoms with Gasteiger partial charge in [-0.3, -0.25) is 0 Å². The predicted molar refractivity (Wildman–Crippen MR) is 52.2 cm³/mol. The van der Waals surface area contributed by atoms with Crippen molar-refractivity contribution in [2.75, 3.05) is 0 Å². The Morgan fingerprint density at radius 2 is 1.58 bits per heavy atom. The minimum Gasteiger partial charge on any atom is -0.224 e. The van der Waals surface area contributed by atoms with Gasteiger partial charge in [0, 0.05) is 0 Å². The average Bonchev–Trinajstić information content (AvgIpc) is 2.08. The molecule has 1 aromatic rings. The van der Waals surface area contributed by atoms with Crippen molar-refractivity contribution in [1.82, 2.24) is 4.98 Å². The molecule has 0 spiro atoms. The van der Waals surface area contributed by atoms with Gasteiger partial charge in [-0.1, -0.05) is 46.4 Å².